The molecule has 5 rings (SSSR count). The number of hydrogen-bond donors (Lipinski definition) is 0. The number of aryl methyl sites for hydroxylation is 2. The second kappa shape index (κ2) is 14.4. The first-order valence-electron chi connectivity index (χ1n) is 16.3. The van der Waals surface area contributed by atoms with Crippen molar-refractivity contribution < 1.29 is 9.47 Å². The monoisotopic (exact) mass is 592 g/mol. The number of thiophene rings is 1. The van der Waals surface area contributed by atoms with Gasteiger partial charge < -0.3 is 9.47 Å². The molecule has 0 aliphatic rings. The van der Waals surface area contributed by atoms with Gasteiger partial charge in [-0.25, -0.2) is 0 Å². The van der Waals surface area contributed by atoms with Gasteiger partial charge in [-0.05, 0) is 114 Å². The molecule has 0 unspecified atom stereocenters. The summed E-state index contributed by atoms with van der Waals surface area (Å²) >= 11 is 1.90. The van der Waals surface area contributed by atoms with Gasteiger partial charge in [0.05, 0.1) is 13.2 Å². The molecule has 2 nitrogen and oxygen atoms in total. The molecule has 0 fully saturated rings. The van der Waals surface area contributed by atoms with Gasteiger partial charge in [0.15, 0.2) is 0 Å². The lowest BCUT2D eigenvalue weighted by atomic mass is 9.90. The van der Waals surface area contributed by atoms with Crippen LogP contribution in [0, 0.1) is 27.7 Å². The van der Waals surface area contributed by atoms with Crippen LogP contribution >= 0.6 is 11.3 Å². The zero-order valence-electron chi connectivity index (χ0n) is 27.1. The Bertz CT molecular complexity index is 1690. The highest BCUT2D eigenvalue weighted by molar-refractivity contribution is 7.15. The second-order valence-corrected chi connectivity index (χ2v) is 13.4. The SMILES string of the molecule is CCCCCCOc1ccc2cc(C)cc(-c3c(OCCCCCC)ccc4cc(-c5sc(C)c(C)c5C)ccc34)c2c1. The lowest BCUT2D eigenvalue weighted by Crippen LogP contribution is -2.00. The van der Waals surface area contributed by atoms with E-state index in [1.165, 1.54) is 103 Å². The van der Waals surface area contributed by atoms with Gasteiger partial charge in [-0.1, -0.05) is 88.8 Å². The maximum atomic E-state index is 6.59. The normalized spacial score (nSPS) is 11.5. The Morgan fingerprint density at radius 2 is 1.30 bits per heavy atom. The Balaban J connectivity index is 1.61. The van der Waals surface area contributed by atoms with Crippen LogP contribution in [0.2, 0.25) is 0 Å². The largest absolute Gasteiger partial charge is 0.494 e. The van der Waals surface area contributed by atoms with Crippen molar-refractivity contribution in [3.8, 4) is 33.1 Å². The smallest absolute Gasteiger partial charge is 0.127 e. The Morgan fingerprint density at radius 1 is 0.605 bits per heavy atom. The fourth-order valence-electron chi connectivity index (χ4n) is 6.08. The molecular weight excluding hydrogens is 545 g/mol. The van der Waals surface area contributed by atoms with Crippen molar-refractivity contribution in [2.75, 3.05) is 13.2 Å². The Morgan fingerprint density at radius 3 is 2.00 bits per heavy atom. The number of fused-ring (bicyclic) bond motifs is 2. The van der Waals surface area contributed by atoms with E-state index in [9.17, 15) is 0 Å². The van der Waals surface area contributed by atoms with Gasteiger partial charge in [-0.2, -0.15) is 0 Å². The van der Waals surface area contributed by atoms with Crippen LogP contribution in [0.1, 0.15) is 86.8 Å². The van der Waals surface area contributed by atoms with Crippen LogP contribution in [-0.4, -0.2) is 13.2 Å². The summed E-state index contributed by atoms with van der Waals surface area (Å²) in [6, 6.07) is 22.6. The minimum atomic E-state index is 0.736. The fraction of sp³-hybridized carbons (Fsp3) is 0.400. The summed E-state index contributed by atoms with van der Waals surface area (Å²) in [7, 11) is 0. The summed E-state index contributed by atoms with van der Waals surface area (Å²) < 4.78 is 12.9. The number of rotatable bonds is 14. The lowest BCUT2D eigenvalue weighted by molar-refractivity contribution is 0.305. The molecule has 0 bridgehead atoms. The van der Waals surface area contributed by atoms with E-state index in [4.69, 9.17) is 9.47 Å². The zero-order valence-corrected chi connectivity index (χ0v) is 27.9. The summed E-state index contributed by atoms with van der Waals surface area (Å²) in [6.07, 6.45) is 9.57. The van der Waals surface area contributed by atoms with Crippen molar-refractivity contribution in [1.82, 2.24) is 0 Å². The molecule has 0 N–H and O–H groups in total. The molecule has 0 aliphatic carbocycles. The van der Waals surface area contributed by atoms with Gasteiger partial charge in [-0.15, -0.1) is 11.3 Å². The zero-order chi connectivity index (χ0) is 30.3. The first kappa shape index (κ1) is 31.1. The minimum Gasteiger partial charge on any atom is -0.494 e. The van der Waals surface area contributed by atoms with Crippen LogP contribution in [-0.2, 0) is 0 Å². The van der Waals surface area contributed by atoms with Gasteiger partial charge in [0.1, 0.15) is 11.5 Å². The van der Waals surface area contributed by atoms with E-state index in [0.29, 0.717) is 0 Å². The lowest BCUT2D eigenvalue weighted by Gasteiger charge is -2.18. The van der Waals surface area contributed by atoms with Crippen LogP contribution in [0.3, 0.4) is 0 Å². The topological polar surface area (TPSA) is 18.5 Å². The molecule has 0 atom stereocenters. The van der Waals surface area contributed by atoms with E-state index in [0.717, 1.165) is 37.6 Å². The third kappa shape index (κ3) is 7.10. The third-order valence-electron chi connectivity index (χ3n) is 8.79. The molecule has 4 aromatic carbocycles. The van der Waals surface area contributed by atoms with E-state index in [-0.39, 0.29) is 0 Å². The van der Waals surface area contributed by atoms with Crippen molar-refractivity contribution in [1.29, 1.82) is 0 Å². The first-order valence-corrected chi connectivity index (χ1v) is 17.2. The molecular formula is C40H48O2S. The van der Waals surface area contributed by atoms with Crippen LogP contribution in [0.5, 0.6) is 11.5 Å². The predicted octanol–water partition coefficient (Wildman–Crippen LogP) is 12.5. The van der Waals surface area contributed by atoms with Crippen LogP contribution in [0.4, 0.5) is 0 Å². The molecule has 3 heteroatoms. The third-order valence-corrected chi connectivity index (χ3v) is 10.2. The summed E-state index contributed by atoms with van der Waals surface area (Å²) in [5, 5.41) is 4.92. The van der Waals surface area contributed by atoms with Crippen molar-refractivity contribution in [3.05, 3.63) is 82.2 Å². The van der Waals surface area contributed by atoms with Gasteiger partial charge in [0.25, 0.3) is 0 Å². The number of ether oxygens (including phenoxy) is 2. The molecule has 0 spiro atoms. The quantitative estimate of drug-likeness (QED) is 0.119. The van der Waals surface area contributed by atoms with Crippen LogP contribution in [0.15, 0.2) is 60.7 Å². The Hall–Kier alpha value is -3.30. The Labute approximate surface area is 263 Å². The highest BCUT2D eigenvalue weighted by Gasteiger charge is 2.18. The van der Waals surface area contributed by atoms with Gasteiger partial charge in [-0.3, -0.25) is 0 Å². The van der Waals surface area contributed by atoms with E-state index in [1.807, 2.05) is 11.3 Å². The maximum Gasteiger partial charge on any atom is 0.127 e. The number of benzene rings is 4. The number of hydrogen-bond acceptors (Lipinski definition) is 3. The van der Waals surface area contributed by atoms with Gasteiger partial charge >= 0.3 is 0 Å². The van der Waals surface area contributed by atoms with Crippen LogP contribution in [0.25, 0.3) is 43.1 Å². The summed E-state index contributed by atoms with van der Waals surface area (Å²) in [4.78, 5) is 2.77. The predicted molar refractivity (Wildman–Crippen MR) is 188 cm³/mol. The summed E-state index contributed by atoms with van der Waals surface area (Å²) in [6.45, 7) is 14.9. The number of unbranched alkanes of at least 4 members (excludes halogenated alkanes) is 6. The van der Waals surface area contributed by atoms with E-state index >= 15 is 0 Å². The Kier molecular flexibility index (Phi) is 10.5. The van der Waals surface area contributed by atoms with E-state index < -0.39 is 0 Å². The van der Waals surface area contributed by atoms with Crippen molar-refractivity contribution in [2.45, 2.75) is 92.9 Å². The molecule has 0 saturated heterocycles. The molecule has 0 saturated carbocycles. The first-order chi connectivity index (χ1) is 20.9. The molecule has 0 radical (unpaired) electrons. The average Bonchev–Trinajstić information content (AvgIpc) is 3.27. The molecule has 0 aliphatic heterocycles. The van der Waals surface area contributed by atoms with Crippen molar-refractivity contribution in [3.63, 3.8) is 0 Å². The minimum absolute atomic E-state index is 0.736. The fourth-order valence-corrected chi connectivity index (χ4v) is 7.24. The molecule has 1 aromatic heterocycles. The van der Waals surface area contributed by atoms with Gasteiger partial charge in [0.2, 0.25) is 0 Å². The van der Waals surface area contributed by atoms with Gasteiger partial charge in [0, 0.05) is 15.3 Å². The standard InChI is InChI=1S/C40H48O2S/c1-7-9-11-13-21-41-34-18-15-31-23-27(3)24-37(36(31)26-34)39-35-19-16-33(40-29(5)28(4)30(6)43-40)25-32(35)17-20-38(39)42-22-14-12-10-8-2/h15-20,23-26H,7-14,21-22H2,1-6H3. The molecule has 226 valence electrons. The molecule has 43 heavy (non-hydrogen) atoms. The molecule has 0 amide bonds. The maximum absolute atomic E-state index is 6.59. The van der Waals surface area contributed by atoms with Crippen molar-refractivity contribution in [2.24, 2.45) is 0 Å². The molecule has 1 heterocycles. The molecule has 5 aromatic rings. The highest BCUT2D eigenvalue weighted by atomic mass is 32.1. The van der Waals surface area contributed by atoms with Crippen LogP contribution < -0.4 is 9.47 Å². The average molecular weight is 593 g/mol. The summed E-state index contributed by atoms with van der Waals surface area (Å²) in [5.41, 5.74) is 7.73. The van der Waals surface area contributed by atoms with E-state index in [2.05, 4.69) is 102 Å². The van der Waals surface area contributed by atoms with Crippen molar-refractivity contribution >= 4 is 32.9 Å². The van der Waals surface area contributed by atoms with E-state index in [1.54, 1.807) is 0 Å². The highest BCUT2D eigenvalue weighted by Crippen LogP contribution is 2.44. The second-order valence-electron chi connectivity index (χ2n) is 12.1. The summed E-state index contributed by atoms with van der Waals surface area (Å²) in [5.74, 6) is 1.91.